The molecule has 7 nitrogen and oxygen atoms in total. The molecular formula is C27H33Cl2N3O4S. The van der Waals surface area contributed by atoms with Crippen molar-refractivity contribution < 1.29 is 18.0 Å². The van der Waals surface area contributed by atoms with Gasteiger partial charge in [-0.3, -0.25) is 13.9 Å². The third-order valence-electron chi connectivity index (χ3n) is 6.17. The zero-order valence-electron chi connectivity index (χ0n) is 21.4. The highest BCUT2D eigenvalue weighted by Gasteiger charge is 2.30. The van der Waals surface area contributed by atoms with Crippen LogP contribution < -0.4 is 14.9 Å². The fraction of sp³-hybridized carbons (Fsp3) is 0.407. The minimum Gasteiger partial charge on any atom is -0.351 e. The molecule has 0 saturated heterocycles. The van der Waals surface area contributed by atoms with E-state index in [1.54, 1.807) is 30.3 Å². The number of allylic oxidation sites excluding steroid dienone is 1. The number of anilines is 1. The number of sulfonamides is 1. The molecule has 1 aliphatic heterocycles. The fourth-order valence-corrected chi connectivity index (χ4v) is 5.78. The summed E-state index contributed by atoms with van der Waals surface area (Å²) in [5.41, 5.74) is -0.300. The number of hydrogen-bond donors (Lipinski definition) is 2. The van der Waals surface area contributed by atoms with Gasteiger partial charge in [0.25, 0.3) is 15.9 Å². The number of carbonyl (C=O) groups is 2. The van der Waals surface area contributed by atoms with Crippen molar-refractivity contribution in [1.82, 2.24) is 10.6 Å². The molecule has 0 radical (unpaired) electrons. The summed E-state index contributed by atoms with van der Waals surface area (Å²) in [6, 6.07) is 10.2. The van der Waals surface area contributed by atoms with Gasteiger partial charge in [0.1, 0.15) is 0 Å². The average molecular weight is 567 g/mol. The summed E-state index contributed by atoms with van der Waals surface area (Å²) < 4.78 is 28.8. The monoisotopic (exact) mass is 565 g/mol. The first-order valence-electron chi connectivity index (χ1n) is 12.1. The van der Waals surface area contributed by atoms with Crippen LogP contribution in [0.3, 0.4) is 0 Å². The van der Waals surface area contributed by atoms with E-state index in [1.807, 2.05) is 33.8 Å². The van der Waals surface area contributed by atoms with Gasteiger partial charge in [-0.25, -0.2) is 8.42 Å². The molecule has 0 aromatic heterocycles. The molecule has 0 saturated carbocycles. The Morgan fingerprint density at radius 1 is 1.05 bits per heavy atom. The number of nitrogens with zero attached hydrogens (tertiary/aromatic N) is 1. The van der Waals surface area contributed by atoms with E-state index in [0.29, 0.717) is 23.6 Å². The van der Waals surface area contributed by atoms with Gasteiger partial charge in [0.2, 0.25) is 5.91 Å². The number of benzene rings is 2. The first-order valence-corrected chi connectivity index (χ1v) is 14.3. The smallest absolute Gasteiger partial charge is 0.264 e. The van der Waals surface area contributed by atoms with Gasteiger partial charge >= 0.3 is 0 Å². The lowest BCUT2D eigenvalue weighted by Gasteiger charge is -2.28. The number of nitrogens with one attached hydrogen (secondary N) is 2. The first-order chi connectivity index (χ1) is 17.3. The third kappa shape index (κ3) is 7.27. The van der Waals surface area contributed by atoms with Crippen molar-refractivity contribution in [2.75, 3.05) is 17.4 Å². The van der Waals surface area contributed by atoms with Crippen molar-refractivity contribution in [3.05, 3.63) is 70.2 Å². The van der Waals surface area contributed by atoms with E-state index < -0.39 is 21.3 Å². The largest absolute Gasteiger partial charge is 0.351 e. The van der Waals surface area contributed by atoms with Crippen molar-refractivity contribution in [1.29, 1.82) is 0 Å². The third-order valence-corrected chi connectivity index (χ3v) is 8.54. The van der Waals surface area contributed by atoms with Crippen molar-refractivity contribution >= 4 is 50.7 Å². The number of halogens is 2. The Hall–Kier alpha value is -2.55. The second-order valence-electron chi connectivity index (χ2n) is 10.2. The number of fused-ring (bicyclic) bond motifs is 2. The summed E-state index contributed by atoms with van der Waals surface area (Å²) in [6.45, 7) is 7.94. The Labute approximate surface area is 229 Å². The van der Waals surface area contributed by atoms with E-state index >= 15 is 0 Å². The molecule has 0 fully saturated rings. The van der Waals surface area contributed by atoms with Gasteiger partial charge in [-0.05, 0) is 61.2 Å². The molecular weight excluding hydrogens is 533 g/mol. The fourth-order valence-electron chi connectivity index (χ4n) is 4.01. The summed E-state index contributed by atoms with van der Waals surface area (Å²) in [5, 5.41) is 6.49. The van der Waals surface area contributed by atoms with E-state index in [4.69, 9.17) is 23.2 Å². The average Bonchev–Trinajstić information content (AvgIpc) is 2.82. The van der Waals surface area contributed by atoms with Gasteiger partial charge < -0.3 is 10.6 Å². The SMILES string of the molecule is CC(C)CC1CNC(=O)c2cc(ccc2Cl)S(=O)(=O)N(c2ccc(Cl)cc2)C/C=C/CC(C)(C)C(=O)N1. The van der Waals surface area contributed by atoms with Crippen LogP contribution in [0.4, 0.5) is 5.69 Å². The van der Waals surface area contributed by atoms with E-state index in [-0.39, 0.29) is 46.4 Å². The van der Waals surface area contributed by atoms with Crippen molar-refractivity contribution in [2.45, 2.75) is 51.5 Å². The van der Waals surface area contributed by atoms with Gasteiger partial charge in [-0.2, -0.15) is 0 Å². The highest BCUT2D eigenvalue weighted by atomic mass is 35.5. The maximum atomic E-state index is 13.8. The standard InChI is InChI=1S/C27H33Cl2N3O4S/c1-18(2)15-20-17-30-25(33)23-16-22(11-12-24(23)29)37(35,36)32(21-9-7-19(28)8-10-21)14-6-5-13-27(3,4)26(34)31-20/h5-12,16,18,20H,13-15,17H2,1-4H3,(H,30,33)(H,31,34)/b6-5+. The second-order valence-corrected chi connectivity index (χ2v) is 12.9. The predicted molar refractivity (Wildman–Crippen MR) is 149 cm³/mol. The van der Waals surface area contributed by atoms with Crippen molar-refractivity contribution in [2.24, 2.45) is 11.3 Å². The van der Waals surface area contributed by atoms with Gasteiger partial charge in [0.15, 0.2) is 0 Å². The first kappa shape index (κ1) is 29.0. The Morgan fingerprint density at radius 3 is 2.38 bits per heavy atom. The van der Waals surface area contributed by atoms with Crippen LogP contribution in [0.25, 0.3) is 0 Å². The van der Waals surface area contributed by atoms with Gasteiger partial charge in [0.05, 0.1) is 27.7 Å². The predicted octanol–water partition coefficient (Wildman–Crippen LogP) is 5.44. The molecule has 2 aromatic rings. The molecule has 2 N–H and O–H groups in total. The minimum absolute atomic E-state index is 0.0157. The molecule has 2 bridgehead atoms. The maximum Gasteiger partial charge on any atom is 0.264 e. The quantitative estimate of drug-likeness (QED) is 0.484. The Balaban J connectivity index is 2.09. The summed E-state index contributed by atoms with van der Waals surface area (Å²) in [5.74, 6) is -0.382. The molecule has 0 spiro atoms. The molecule has 2 aromatic carbocycles. The molecule has 1 aliphatic rings. The van der Waals surface area contributed by atoms with E-state index in [9.17, 15) is 18.0 Å². The maximum absolute atomic E-state index is 13.8. The molecule has 0 aliphatic carbocycles. The Morgan fingerprint density at radius 2 is 1.73 bits per heavy atom. The van der Waals surface area contributed by atoms with Crippen LogP contribution in [0.2, 0.25) is 10.0 Å². The summed E-state index contributed by atoms with van der Waals surface area (Å²) in [7, 11) is -4.08. The second kappa shape index (κ2) is 11.9. The Bertz CT molecular complexity index is 1280. The van der Waals surface area contributed by atoms with Crippen LogP contribution >= 0.6 is 23.2 Å². The lowest BCUT2D eigenvalue weighted by Crippen LogP contribution is -2.48. The van der Waals surface area contributed by atoms with E-state index in [0.717, 1.165) is 0 Å². The zero-order valence-corrected chi connectivity index (χ0v) is 23.8. The number of amides is 2. The molecule has 37 heavy (non-hydrogen) atoms. The highest BCUT2D eigenvalue weighted by Crippen LogP contribution is 2.29. The molecule has 1 heterocycles. The van der Waals surface area contributed by atoms with Crippen LogP contribution in [0, 0.1) is 11.3 Å². The van der Waals surface area contributed by atoms with E-state index in [2.05, 4.69) is 10.6 Å². The number of rotatable bonds is 3. The van der Waals surface area contributed by atoms with Crippen LogP contribution in [0.1, 0.15) is 50.9 Å². The van der Waals surface area contributed by atoms with Crippen LogP contribution in [0.5, 0.6) is 0 Å². The van der Waals surface area contributed by atoms with Crippen molar-refractivity contribution in [3.8, 4) is 0 Å². The molecule has 2 amide bonds. The lowest BCUT2D eigenvalue weighted by molar-refractivity contribution is -0.130. The summed E-state index contributed by atoms with van der Waals surface area (Å²) in [6.07, 6.45) is 4.61. The summed E-state index contributed by atoms with van der Waals surface area (Å²) >= 11 is 12.3. The Kier molecular flexibility index (Phi) is 9.32. The summed E-state index contributed by atoms with van der Waals surface area (Å²) in [4.78, 5) is 26.1. The molecule has 10 heteroatoms. The van der Waals surface area contributed by atoms with Gasteiger partial charge in [-0.15, -0.1) is 0 Å². The lowest BCUT2D eigenvalue weighted by atomic mass is 9.87. The molecule has 3 rings (SSSR count). The number of hydrogen-bond acceptors (Lipinski definition) is 4. The number of carbonyl (C=O) groups excluding carboxylic acids is 2. The zero-order chi connectivity index (χ0) is 27.4. The van der Waals surface area contributed by atoms with Crippen LogP contribution in [0.15, 0.2) is 59.5 Å². The highest BCUT2D eigenvalue weighted by molar-refractivity contribution is 7.92. The normalized spacial score (nSPS) is 21.3. The van der Waals surface area contributed by atoms with Gasteiger partial charge in [0, 0.05) is 23.0 Å². The van der Waals surface area contributed by atoms with Gasteiger partial charge in [-0.1, -0.05) is 63.0 Å². The van der Waals surface area contributed by atoms with Crippen LogP contribution in [-0.2, 0) is 14.8 Å². The van der Waals surface area contributed by atoms with E-state index in [1.165, 1.54) is 22.5 Å². The van der Waals surface area contributed by atoms with Crippen LogP contribution in [-0.4, -0.2) is 39.4 Å². The molecule has 200 valence electrons. The molecule has 1 atom stereocenters. The van der Waals surface area contributed by atoms with Crippen molar-refractivity contribution in [3.63, 3.8) is 0 Å². The molecule has 1 unspecified atom stereocenters. The minimum atomic E-state index is -4.08. The topological polar surface area (TPSA) is 95.6 Å².